The zero-order chi connectivity index (χ0) is 18.2. The van der Waals surface area contributed by atoms with Crippen LogP contribution < -0.4 is 14.8 Å². The molecule has 0 aromatic heterocycles. The number of nitrogens with one attached hydrogen (secondary N) is 2. The molecular formula is C17H22N2O4SSi. The maximum atomic E-state index is 11.9. The lowest BCUT2D eigenvalue weighted by Crippen LogP contribution is -2.10. The van der Waals surface area contributed by atoms with E-state index in [2.05, 4.69) is 17.0 Å². The average molecular weight is 379 g/mol. The monoisotopic (exact) mass is 378 g/mol. The van der Waals surface area contributed by atoms with Gasteiger partial charge >= 0.3 is 0 Å². The third-order valence-corrected chi connectivity index (χ3v) is 4.47. The molecule has 0 bridgehead atoms. The van der Waals surface area contributed by atoms with E-state index in [4.69, 9.17) is 4.74 Å². The molecule has 0 aliphatic heterocycles. The topological polar surface area (TPSA) is 87.7 Å². The van der Waals surface area contributed by atoms with E-state index in [1.54, 1.807) is 24.3 Å². The number of hydrogen-bond acceptors (Lipinski definition) is 4. The number of unbranched alkanes of at least 4 members (excludes halogenated alkanes) is 1. The summed E-state index contributed by atoms with van der Waals surface area (Å²) in [6.07, 6.45) is 1.98. The Morgan fingerprint density at radius 3 is 2.52 bits per heavy atom. The number of ether oxygens (including phenoxy) is 1. The highest BCUT2D eigenvalue weighted by atomic mass is 32.2. The second kappa shape index (κ2) is 9.35. The number of hydrogen-bond donors (Lipinski definition) is 3. The molecule has 0 aliphatic carbocycles. The minimum absolute atomic E-state index is 0.00317. The van der Waals surface area contributed by atoms with Crippen LogP contribution in [-0.4, -0.2) is 31.0 Å². The third kappa shape index (κ3) is 5.70. The number of benzene rings is 2. The van der Waals surface area contributed by atoms with Gasteiger partial charge in [0.1, 0.15) is 11.2 Å². The Balaban J connectivity index is 2.48. The lowest BCUT2D eigenvalue weighted by molar-refractivity contribution is 0.108. The van der Waals surface area contributed by atoms with Gasteiger partial charge in [-0.25, -0.2) is 4.21 Å². The molecule has 1 atom stereocenters. The SMILES string of the molecule is CCCCNc1cc(C(=O)[SiH3])cc(NS(=O)O)c1Oc1ccccc1. The number of carbonyl (C=O) groups excluding carboxylic acids is 1. The van der Waals surface area contributed by atoms with Gasteiger partial charge in [0.15, 0.2) is 5.75 Å². The quantitative estimate of drug-likeness (QED) is 0.355. The molecule has 0 saturated heterocycles. The zero-order valence-electron chi connectivity index (χ0n) is 14.2. The molecule has 0 spiro atoms. The van der Waals surface area contributed by atoms with Gasteiger partial charge in [0.05, 0.1) is 21.6 Å². The van der Waals surface area contributed by atoms with Gasteiger partial charge in [0.2, 0.25) is 0 Å². The molecule has 6 nitrogen and oxygen atoms in total. The van der Waals surface area contributed by atoms with Gasteiger partial charge in [0.25, 0.3) is 11.3 Å². The summed E-state index contributed by atoms with van der Waals surface area (Å²) in [5, 5.41) is 3.26. The van der Waals surface area contributed by atoms with Crippen molar-refractivity contribution in [2.45, 2.75) is 19.8 Å². The molecule has 0 aliphatic rings. The van der Waals surface area contributed by atoms with Crippen LogP contribution in [0.3, 0.4) is 0 Å². The summed E-state index contributed by atoms with van der Waals surface area (Å²) in [7, 11) is 0.358. The molecule has 25 heavy (non-hydrogen) atoms. The Morgan fingerprint density at radius 1 is 1.24 bits per heavy atom. The van der Waals surface area contributed by atoms with Crippen LogP contribution in [0.1, 0.15) is 30.1 Å². The number of anilines is 2. The maximum Gasteiger partial charge on any atom is 0.259 e. The molecule has 0 amide bonds. The van der Waals surface area contributed by atoms with Crippen molar-refractivity contribution in [3.05, 3.63) is 48.0 Å². The molecule has 0 heterocycles. The highest BCUT2D eigenvalue weighted by Crippen LogP contribution is 2.38. The summed E-state index contributed by atoms with van der Waals surface area (Å²) < 4.78 is 28.9. The van der Waals surface area contributed by atoms with Crippen LogP contribution in [0.25, 0.3) is 0 Å². The van der Waals surface area contributed by atoms with E-state index < -0.39 is 11.3 Å². The van der Waals surface area contributed by atoms with Crippen LogP contribution >= 0.6 is 0 Å². The van der Waals surface area contributed by atoms with Crippen molar-refractivity contribution in [2.24, 2.45) is 0 Å². The van der Waals surface area contributed by atoms with Crippen molar-refractivity contribution in [3.8, 4) is 11.5 Å². The largest absolute Gasteiger partial charge is 0.453 e. The second-order valence-corrected chi connectivity index (χ2v) is 7.11. The molecule has 0 saturated carbocycles. The number of rotatable bonds is 9. The Morgan fingerprint density at radius 2 is 1.92 bits per heavy atom. The van der Waals surface area contributed by atoms with E-state index in [1.165, 1.54) is 0 Å². The van der Waals surface area contributed by atoms with Gasteiger partial charge in [-0.15, -0.1) is 0 Å². The first kappa shape index (κ1) is 19.2. The molecular weight excluding hydrogens is 356 g/mol. The molecule has 3 N–H and O–H groups in total. The van der Waals surface area contributed by atoms with Gasteiger partial charge in [-0.1, -0.05) is 31.5 Å². The molecule has 134 valence electrons. The summed E-state index contributed by atoms with van der Waals surface area (Å²) in [6, 6.07) is 12.4. The molecule has 0 fully saturated rings. The van der Waals surface area contributed by atoms with Crippen LogP contribution in [-0.2, 0) is 11.3 Å². The molecule has 0 radical (unpaired) electrons. The number of carbonyl (C=O) groups is 1. The predicted octanol–water partition coefficient (Wildman–Crippen LogP) is 2.75. The van der Waals surface area contributed by atoms with Crippen LogP contribution in [0, 0.1) is 0 Å². The van der Waals surface area contributed by atoms with Gasteiger partial charge < -0.3 is 14.8 Å². The Kier molecular flexibility index (Phi) is 7.17. The molecule has 1 unspecified atom stereocenters. The Labute approximate surface area is 152 Å². The second-order valence-electron chi connectivity index (χ2n) is 5.50. The lowest BCUT2D eigenvalue weighted by Gasteiger charge is -2.18. The molecule has 2 rings (SSSR count). The fraction of sp³-hybridized carbons (Fsp3) is 0.235. The summed E-state index contributed by atoms with van der Waals surface area (Å²) in [5.41, 5.74) is 1.40. The first-order chi connectivity index (χ1) is 12.0. The summed E-state index contributed by atoms with van der Waals surface area (Å²) in [6.45, 7) is 2.80. The highest BCUT2D eigenvalue weighted by molar-refractivity contribution is 7.80. The van der Waals surface area contributed by atoms with Crippen molar-refractivity contribution in [2.75, 3.05) is 16.6 Å². The van der Waals surface area contributed by atoms with Crippen LogP contribution in [0.5, 0.6) is 11.5 Å². The smallest absolute Gasteiger partial charge is 0.259 e. The minimum Gasteiger partial charge on any atom is -0.453 e. The van der Waals surface area contributed by atoms with Crippen molar-refractivity contribution in [1.29, 1.82) is 0 Å². The fourth-order valence-corrected chi connectivity index (χ4v) is 2.88. The summed E-state index contributed by atoms with van der Waals surface area (Å²) in [4.78, 5) is 11.9. The van der Waals surface area contributed by atoms with Gasteiger partial charge in [-0.05, 0) is 30.7 Å². The van der Waals surface area contributed by atoms with Gasteiger partial charge in [0, 0.05) is 12.1 Å². The average Bonchev–Trinajstić information content (AvgIpc) is 2.57. The van der Waals surface area contributed by atoms with E-state index in [-0.39, 0.29) is 5.41 Å². The normalized spacial score (nSPS) is 11.8. The minimum atomic E-state index is -2.28. The van der Waals surface area contributed by atoms with E-state index in [1.807, 2.05) is 18.2 Å². The fourth-order valence-electron chi connectivity index (χ4n) is 2.25. The highest BCUT2D eigenvalue weighted by Gasteiger charge is 2.16. The Bertz CT molecular complexity index is 756. The van der Waals surface area contributed by atoms with E-state index in [0.29, 0.717) is 45.2 Å². The van der Waals surface area contributed by atoms with Gasteiger partial charge in [-0.2, -0.15) is 0 Å². The van der Waals surface area contributed by atoms with E-state index in [9.17, 15) is 13.6 Å². The molecule has 8 heteroatoms. The number of para-hydroxylation sites is 1. The predicted molar refractivity (Wildman–Crippen MR) is 105 cm³/mol. The summed E-state index contributed by atoms with van der Waals surface area (Å²) >= 11 is -2.28. The summed E-state index contributed by atoms with van der Waals surface area (Å²) in [5.74, 6) is 0.981. The van der Waals surface area contributed by atoms with Crippen molar-refractivity contribution in [1.82, 2.24) is 0 Å². The maximum absolute atomic E-state index is 11.9. The van der Waals surface area contributed by atoms with Crippen LogP contribution in [0.2, 0.25) is 0 Å². The van der Waals surface area contributed by atoms with Crippen LogP contribution in [0.4, 0.5) is 11.4 Å². The third-order valence-electron chi connectivity index (χ3n) is 3.50. The van der Waals surface area contributed by atoms with Crippen molar-refractivity contribution in [3.63, 3.8) is 0 Å². The molecule has 2 aromatic rings. The van der Waals surface area contributed by atoms with Gasteiger partial charge in [-0.3, -0.25) is 9.27 Å². The Hall–Kier alpha value is -2.16. The van der Waals surface area contributed by atoms with Crippen molar-refractivity contribution >= 4 is 38.3 Å². The standard InChI is InChI=1S/C17H22N2O4SSi/c1-2-3-9-18-14-10-12(17(20)25)11-15(19-24(21)22)16(14)23-13-7-5-4-6-8-13/h4-8,10-11,18-19H,2-3,9H2,1,25H3,(H,21,22). The first-order valence-corrected chi connectivity index (χ1v) is 10.1. The first-order valence-electron chi connectivity index (χ1n) is 8.04. The molecule has 2 aromatic carbocycles. The lowest BCUT2D eigenvalue weighted by atomic mass is 10.1. The van der Waals surface area contributed by atoms with Crippen molar-refractivity contribution < 1.29 is 18.3 Å². The van der Waals surface area contributed by atoms with E-state index in [0.717, 1.165) is 12.8 Å². The van der Waals surface area contributed by atoms with E-state index >= 15 is 0 Å². The van der Waals surface area contributed by atoms with Crippen LogP contribution in [0.15, 0.2) is 42.5 Å². The zero-order valence-corrected chi connectivity index (χ0v) is 17.1.